The molecule has 0 amide bonds. The summed E-state index contributed by atoms with van der Waals surface area (Å²) >= 11 is 6.43. The minimum absolute atomic E-state index is 0.0323. The SMILES string of the molecule is COC(=O)C(CC(C)C)NS(=O)(=O)c1cnc(Cl)s1. The zero-order chi connectivity index (χ0) is 14.6. The molecule has 0 bridgehead atoms. The number of ether oxygens (including phenoxy) is 1. The Morgan fingerprint density at radius 3 is 2.63 bits per heavy atom. The van der Waals surface area contributed by atoms with Gasteiger partial charge in [0.05, 0.1) is 13.3 Å². The van der Waals surface area contributed by atoms with Crippen molar-refractivity contribution in [3.8, 4) is 0 Å². The normalized spacial score (nSPS) is 13.5. The lowest BCUT2D eigenvalue weighted by molar-refractivity contribution is -0.143. The smallest absolute Gasteiger partial charge is 0.323 e. The number of esters is 1. The van der Waals surface area contributed by atoms with Gasteiger partial charge in [0.25, 0.3) is 10.0 Å². The van der Waals surface area contributed by atoms with Gasteiger partial charge in [0.1, 0.15) is 6.04 Å². The molecule has 1 N–H and O–H groups in total. The van der Waals surface area contributed by atoms with Gasteiger partial charge in [0.2, 0.25) is 0 Å². The molecule has 1 rings (SSSR count). The molecule has 1 aromatic rings. The topological polar surface area (TPSA) is 85.4 Å². The molecule has 0 spiro atoms. The van der Waals surface area contributed by atoms with Crippen LogP contribution in [-0.2, 0) is 19.6 Å². The molecule has 9 heteroatoms. The fraction of sp³-hybridized carbons (Fsp3) is 0.600. The highest BCUT2D eigenvalue weighted by molar-refractivity contribution is 7.91. The number of rotatable bonds is 6. The van der Waals surface area contributed by atoms with Crippen LogP contribution in [0.15, 0.2) is 10.4 Å². The van der Waals surface area contributed by atoms with Crippen molar-refractivity contribution in [3.63, 3.8) is 0 Å². The number of carbonyl (C=O) groups is 1. The first-order valence-corrected chi connectivity index (χ1v) is 8.15. The summed E-state index contributed by atoms with van der Waals surface area (Å²) in [5.74, 6) is -0.482. The minimum Gasteiger partial charge on any atom is -0.468 e. The lowest BCUT2D eigenvalue weighted by atomic mass is 10.1. The van der Waals surface area contributed by atoms with Crippen molar-refractivity contribution in [2.45, 2.75) is 30.5 Å². The number of thiazole rings is 1. The second-order valence-corrected chi connectivity index (χ2v) is 7.81. The zero-order valence-corrected chi connectivity index (χ0v) is 13.1. The number of methoxy groups -OCH3 is 1. The first kappa shape index (κ1) is 16.4. The van der Waals surface area contributed by atoms with Crippen LogP contribution in [0.5, 0.6) is 0 Å². The predicted molar refractivity (Wildman–Crippen MR) is 72.7 cm³/mol. The van der Waals surface area contributed by atoms with Gasteiger partial charge in [-0.3, -0.25) is 4.79 Å². The van der Waals surface area contributed by atoms with Crippen LogP contribution in [-0.4, -0.2) is 32.5 Å². The first-order valence-electron chi connectivity index (χ1n) is 5.47. The summed E-state index contributed by atoms with van der Waals surface area (Å²) in [6.45, 7) is 3.77. The molecule has 0 saturated carbocycles. The minimum atomic E-state index is -3.82. The third-order valence-electron chi connectivity index (χ3n) is 2.21. The van der Waals surface area contributed by atoms with Crippen LogP contribution >= 0.6 is 22.9 Å². The van der Waals surface area contributed by atoms with Gasteiger partial charge in [0.15, 0.2) is 8.68 Å². The largest absolute Gasteiger partial charge is 0.468 e. The van der Waals surface area contributed by atoms with E-state index in [0.29, 0.717) is 6.42 Å². The van der Waals surface area contributed by atoms with Crippen LogP contribution in [0.25, 0.3) is 0 Å². The summed E-state index contributed by atoms with van der Waals surface area (Å²) in [4.78, 5) is 15.2. The Morgan fingerprint density at radius 1 is 1.58 bits per heavy atom. The Labute approximate surface area is 121 Å². The molecule has 1 unspecified atom stereocenters. The fourth-order valence-electron chi connectivity index (χ4n) is 1.41. The summed E-state index contributed by atoms with van der Waals surface area (Å²) in [7, 11) is -2.60. The molecular weight excluding hydrogens is 312 g/mol. The summed E-state index contributed by atoms with van der Waals surface area (Å²) in [5.41, 5.74) is 0. The van der Waals surface area contributed by atoms with Gasteiger partial charge in [0, 0.05) is 0 Å². The standard InChI is InChI=1S/C10H15ClN2O4S2/c1-6(2)4-7(9(14)17-3)13-19(15,16)8-5-12-10(11)18-8/h5-7,13H,4H2,1-3H3. The summed E-state index contributed by atoms with van der Waals surface area (Å²) in [6, 6.07) is -0.920. The highest BCUT2D eigenvalue weighted by atomic mass is 35.5. The molecule has 0 aliphatic carbocycles. The van der Waals surface area contributed by atoms with Crippen molar-refractivity contribution in [2.24, 2.45) is 5.92 Å². The van der Waals surface area contributed by atoms with Crippen molar-refractivity contribution < 1.29 is 17.9 Å². The van der Waals surface area contributed by atoms with Crippen LogP contribution < -0.4 is 4.72 Å². The maximum absolute atomic E-state index is 12.1. The summed E-state index contributed by atoms with van der Waals surface area (Å²) in [5, 5.41) is 0. The van der Waals surface area contributed by atoms with Crippen LogP contribution in [0.3, 0.4) is 0 Å². The summed E-state index contributed by atoms with van der Waals surface area (Å²) in [6.07, 6.45) is 1.50. The maximum atomic E-state index is 12.1. The fourth-order valence-corrected chi connectivity index (χ4v) is 3.92. The number of nitrogens with one attached hydrogen (secondary N) is 1. The van der Waals surface area contributed by atoms with E-state index in [1.54, 1.807) is 0 Å². The number of aromatic nitrogens is 1. The van der Waals surface area contributed by atoms with Crippen molar-refractivity contribution in [2.75, 3.05) is 7.11 Å². The number of sulfonamides is 1. The van der Waals surface area contributed by atoms with Crippen LogP contribution in [0.2, 0.25) is 4.47 Å². The van der Waals surface area contributed by atoms with E-state index in [0.717, 1.165) is 17.5 Å². The summed E-state index contributed by atoms with van der Waals surface area (Å²) < 4.78 is 31.1. The monoisotopic (exact) mass is 326 g/mol. The molecule has 1 heterocycles. The number of hydrogen-bond acceptors (Lipinski definition) is 6. The molecule has 1 atom stereocenters. The van der Waals surface area contributed by atoms with Crippen molar-refractivity contribution in [1.82, 2.24) is 9.71 Å². The van der Waals surface area contributed by atoms with Gasteiger partial charge < -0.3 is 4.74 Å². The average molecular weight is 327 g/mol. The van der Waals surface area contributed by atoms with E-state index >= 15 is 0 Å². The van der Waals surface area contributed by atoms with Crippen LogP contribution in [0.1, 0.15) is 20.3 Å². The molecular formula is C10H15ClN2O4S2. The molecule has 0 aromatic carbocycles. The van der Waals surface area contributed by atoms with Gasteiger partial charge in [-0.25, -0.2) is 13.4 Å². The molecule has 0 radical (unpaired) electrons. The highest BCUT2D eigenvalue weighted by Gasteiger charge is 2.28. The van der Waals surface area contributed by atoms with E-state index < -0.39 is 22.0 Å². The van der Waals surface area contributed by atoms with E-state index in [-0.39, 0.29) is 14.6 Å². The van der Waals surface area contributed by atoms with E-state index in [1.165, 1.54) is 7.11 Å². The lowest BCUT2D eigenvalue weighted by Gasteiger charge is -2.17. The Hall–Kier alpha value is -0.700. The maximum Gasteiger partial charge on any atom is 0.323 e. The lowest BCUT2D eigenvalue weighted by Crippen LogP contribution is -2.42. The Bertz CT molecular complexity index is 541. The second kappa shape index (κ2) is 6.65. The molecule has 0 aliphatic rings. The van der Waals surface area contributed by atoms with Crippen molar-refractivity contribution in [1.29, 1.82) is 0 Å². The Balaban J connectivity index is 2.92. The number of carbonyl (C=O) groups excluding carboxylic acids is 1. The van der Waals surface area contributed by atoms with Crippen molar-refractivity contribution in [3.05, 3.63) is 10.7 Å². The number of halogens is 1. The van der Waals surface area contributed by atoms with E-state index in [9.17, 15) is 13.2 Å². The second-order valence-electron chi connectivity index (χ2n) is 4.26. The first-order chi connectivity index (χ1) is 8.76. The van der Waals surface area contributed by atoms with Gasteiger partial charge >= 0.3 is 5.97 Å². The molecule has 0 aliphatic heterocycles. The molecule has 19 heavy (non-hydrogen) atoms. The quantitative estimate of drug-likeness (QED) is 0.804. The van der Waals surface area contributed by atoms with E-state index in [1.807, 2.05) is 13.8 Å². The van der Waals surface area contributed by atoms with E-state index in [2.05, 4.69) is 14.4 Å². The third kappa shape index (κ3) is 4.72. The third-order valence-corrected chi connectivity index (χ3v) is 5.26. The Kier molecular flexibility index (Phi) is 5.72. The van der Waals surface area contributed by atoms with Gasteiger partial charge in [-0.15, -0.1) is 0 Å². The molecule has 108 valence electrons. The zero-order valence-electron chi connectivity index (χ0n) is 10.7. The predicted octanol–water partition coefficient (Wildman–Crippen LogP) is 1.66. The number of hydrogen-bond donors (Lipinski definition) is 1. The number of nitrogens with zero attached hydrogens (tertiary/aromatic N) is 1. The highest BCUT2D eigenvalue weighted by Crippen LogP contribution is 2.23. The molecule has 1 aromatic heterocycles. The Morgan fingerprint density at radius 2 is 2.21 bits per heavy atom. The van der Waals surface area contributed by atoms with Crippen LogP contribution in [0, 0.1) is 5.92 Å². The molecule has 0 saturated heterocycles. The molecule has 6 nitrogen and oxygen atoms in total. The van der Waals surface area contributed by atoms with Crippen LogP contribution in [0.4, 0.5) is 0 Å². The van der Waals surface area contributed by atoms with Gasteiger partial charge in [-0.2, -0.15) is 4.72 Å². The van der Waals surface area contributed by atoms with Gasteiger partial charge in [-0.05, 0) is 12.3 Å². The van der Waals surface area contributed by atoms with Crippen molar-refractivity contribution >= 4 is 38.9 Å². The van der Waals surface area contributed by atoms with Gasteiger partial charge in [-0.1, -0.05) is 36.8 Å². The average Bonchev–Trinajstić information content (AvgIpc) is 2.74. The van der Waals surface area contributed by atoms with E-state index in [4.69, 9.17) is 11.6 Å². The molecule has 0 fully saturated rings.